The van der Waals surface area contributed by atoms with Gasteiger partial charge < -0.3 is 10.1 Å². The van der Waals surface area contributed by atoms with Crippen LogP contribution >= 0.6 is 0 Å². The van der Waals surface area contributed by atoms with Crippen LogP contribution in [0.2, 0.25) is 0 Å². The highest BCUT2D eigenvalue weighted by Crippen LogP contribution is 2.17. The molecule has 0 saturated heterocycles. The molecule has 27 heavy (non-hydrogen) atoms. The maximum Gasteiger partial charge on any atom is 0.321 e. The molecule has 0 fully saturated rings. The summed E-state index contributed by atoms with van der Waals surface area (Å²) in [6, 6.07) is 13.2. The number of carbonyl (C=O) groups is 2. The predicted octanol–water partition coefficient (Wildman–Crippen LogP) is 2.32. The molecule has 0 spiro atoms. The molecular formula is C19H22N2O5S. The molecule has 0 radical (unpaired) electrons. The molecule has 1 amide bonds. The van der Waals surface area contributed by atoms with Gasteiger partial charge in [0.25, 0.3) is 0 Å². The Morgan fingerprint density at radius 1 is 1.04 bits per heavy atom. The zero-order valence-corrected chi connectivity index (χ0v) is 16.2. The summed E-state index contributed by atoms with van der Waals surface area (Å²) in [4.78, 5) is 23.0. The van der Waals surface area contributed by atoms with Gasteiger partial charge in [-0.1, -0.05) is 29.8 Å². The third-order valence-corrected chi connectivity index (χ3v) is 5.57. The molecule has 0 unspecified atom stereocenters. The monoisotopic (exact) mass is 390 g/mol. The number of amides is 1. The lowest BCUT2D eigenvalue weighted by Gasteiger charge is -2.17. The van der Waals surface area contributed by atoms with Crippen LogP contribution in [0.3, 0.4) is 0 Å². The number of hydrogen-bond acceptors (Lipinski definition) is 5. The fourth-order valence-corrected chi connectivity index (χ4v) is 3.37. The molecular weight excluding hydrogens is 368 g/mol. The van der Waals surface area contributed by atoms with Crippen molar-refractivity contribution in [3.05, 3.63) is 59.7 Å². The average molecular weight is 390 g/mol. The Labute approximate surface area is 159 Å². The van der Waals surface area contributed by atoms with Crippen molar-refractivity contribution in [3.8, 4) is 0 Å². The van der Waals surface area contributed by atoms with Crippen molar-refractivity contribution in [1.29, 1.82) is 0 Å². The summed E-state index contributed by atoms with van der Waals surface area (Å²) >= 11 is 0. The minimum Gasteiger partial charge on any atom is -0.460 e. The van der Waals surface area contributed by atoms with E-state index < -0.39 is 22.5 Å². The van der Waals surface area contributed by atoms with Gasteiger partial charge >= 0.3 is 5.97 Å². The summed E-state index contributed by atoms with van der Waals surface area (Å²) in [6.45, 7) is 3.00. The molecule has 8 heteroatoms. The van der Waals surface area contributed by atoms with Crippen LogP contribution in [-0.2, 0) is 31.0 Å². The van der Waals surface area contributed by atoms with Crippen LogP contribution in [-0.4, -0.2) is 38.2 Å². The number of benzene rings is 2. The molecule has 0 heterocycles. The van der Waals surface area contributed by atoms with Crippen LogP contribution in [0.4, 0.5) is 5.69 Å². The van der Waals surface area contributed by atoms with Gasteiger partial charge in [-0.2, -0.15) is 4.31 Å². The van der Waals surface area contributed by atoms with Crippen molar-refractivity contribution < 1.29 is 22.7 Å². The van der Waals surface area contributed by atoms with E-state index in [1.54, 1.807) is 0 Å². The largest absolute Gasteiger partial charge is 0.460 e. The molecule has 7 nitrogen and oxygen atoms in total. The molecule has 0 saturated carbocycles. The topological polar surface area (TPSA) is 92.8 Å². The molecule has 0 aromatic heterocycles. The van der Waals surface area contributed by atoms with E-state index in [4.69, 9.17) is 4.74 Å². The zero-order valence-electron chi connectivity index (χ0n) is 15.4. The van der Waals surface area contributed by atoms with Gasteiger partial charge in [-0.15, -0.1) is 0 Å². The molecule has 1 N–H and O–H groups in total. The number of aryl methyl sites for hydroxylation is 1. The summed E-state index contributed by atoms with van der Waals surface area (Å²) in [7, 11) is -2.54. The van der Waals surface area contributed by atoms with Crippen LogP contribution in [0.25, 0.3) is 0 Å². The number of carbonyl (C=O) groups excluding carboxylic acids is 2. The SMILES string of the molecule is CC(=O)Nc1ccc(S(=O)(=O)N(C)CC(=O)OCc2ccc(C)cc2)cc1. The molecule has 0 aliphatic carbocycles. The summed E-state index contributed by atoms with van der Waals surface area (Å²) in [5.41, 5.74) is 2.41. The van der Waals surface area contributed by atoms with E-state index in [2.05, 4.69) is 5.32 Å². The third-order valence-electron chi connectivity index (χ3n) is 3.76. The van der Waals surface area contributed by atoms with Gasteiger partial charge in [0.05, 0.1) is 4.90 Å². The predicted molar refractivity (Wildman–Crippen MR) is 102 cm³/mol. The number of rotatable bonds is 7. The second-order valence-electron chi connectivity index (χ2n) is 6.11. The second-order valence-corrected chi connectivity index (χ2v) is 8.16. The average Bonchev–Trinajstić information content (AvgIpc) is 2.61. The van der Waals surface area contributed by atoms with Crippen LogP contribution in [0.5, 0.6) is 0 Å². The van der Waals surface area contributed by atoms with Crippen molar-refractivity contribution in [1.82, 2.24) is 4.31 Å². The normalized spacial score (nSPS) is 11.3. The summed E-state index contributed by atoms with van der Waals surface area (Å²) in [6.07, 6.45) is 0. The van der Waals surface area contributed by atoms with E-state index in [1.165, 1.54) is 38.2 Å². The van der Waals surface area contributed by atoms with E-state index in [-0.39, 0.29) is 17.4 Å². The van der Waals surface area contributed by atoms with Gasteiger partial charge in [0.15, 0.2) is 0 Å². The van der Waals surface area contributed by atoms with Gasteiger partial charge in [-0.05, 0) is 36.8 Å². The fourth-order valence-electron chi connectivity index (χ4n) is 2.25. The molecule has 144 valence electrons. The van der Waals surface area contributed by atoms with Crippen molar-refractivity contribution in [2.45, 2.75) is 25.3 Å². The number of nitrogens with zero attached hydrogens (tertiary/aromatic N) is 1. The second kappa shape index (κ2) is 8.79. The Morgan fingerprint density at radius 2 is 1.63 bits per heavy atom. The van der Waals surface area contributed by atoms with E-state index in [9.17, 15) is 18.0 Å². The van der Waals surface area contributed by atoms with Crippen LogP contribution in [0, 0.1) is 6.92 Å². The van der Waals surface area contributed by atoms with Crippen LogP contribution in [0.15, 0.2) is 53.4 Å². The number of sulfonamides is 1. The number of ether oxygens (including phenoxy) is 1. The number of nitrogens with one attached hydrogen (secondary N) is 1. The highest BCUT2D eigenvalue weighted by Gasteiger charge is 2.23. The summed E-state index contributed by atoms with van der Waals surface area (Å²) in [5.74, 6) is -0.893. The lowest BCUT2D eigenvalue weighted by molar-refractivity contribution is -0.144. The van der Waals surface area contributed by atoms with Crippen LogP contribution < -0.4 is 5.32 Å². The number of hydrogen-bond donors (Lipinski definition) is 1. The minimum atomic E-state index is -3.85. The lowest BCUT2D eigenvalue weighted by Crippen LogP contribution is -2.33. The van der Waals surface area contributed by atoms with E-state index >= 15 is 0 Å². The maximum atomic E-state index is 12.5. The van der Waals surface area contributed by atoms with E-state index in [0.717, 1.165) is 15.4 Å². The Balaban J connectivity index is 1.96. The van der Waals surface area contributed by atoms with E-state index in [1.807, 2.05) is 31.2 Å². The molecule has 2 aromatic carbocycles. The first-order valence-corrected chi connectivity index (χ1v) is 9.67. The van der Waals surface area contributed by atoms with Crippen molar-refractivity contribution in [2.24, 2.45) is 0 Å². The molecule has 2 aromatic rings. The Hall–Kier alpha value is -2.71. The minimum absolute atomic E-state index is 0.0189. The quantitative estimate of drug-likeness (QED) is 0.733. The third kappa shape index (κ3) is 5.90. The first-order chi connectivity index (χ1) is 12.7. The van der Waals surface area contributed by atoms with Crippen molar-refractivity contribution in [3.63, 3.8) is 0 Å². The van der Waals surface area contributed by atoms with Gasteiger partial charge in [-0.25, -0.2) is 8.42 Å². The van der Waals surface area contributed by atoms with Gasteiger partial charge in [0, 0.05) is 19.7 Å². The molecule has 0 aliphatic rings. The summed E-state index contributed by atoms with van der Waals surface area (Å²) in [5, 5.41) is 2.56. The molecule has 0 aliphatic heterocycles. The highest BCUT2D eigenvalue weighted by molar-refractivity contribution is 7.89. The molecule has 0 bridgehead atoms. The number of anilines is 1. The molecule has 0 atom stereocenters. The highest BCUT2D eigenvalue weighted by atomic mass is 32.2. The zero-order chi connectivity index (χ0) is 20.0. The van der Waals surface area contributed by atoms with Crippen molar-refractivity contribution >= 4 is 27.6 Å². The van der Waals surface area contributed by atoms with Crippen LogP contribution in [0.1, 0.15) is 18.1 Å². The van der Waals surface area contributed by atoms with Gasteiger partial charge in [0.2, 0.25) is 15.9 Å². The number of esters is 1. The van der Waals surface area contributed by atoms with E-state index in [0.29, 0.717) is 5.69 Å². The lowest BCUT2D eigenvalue weighted by atomic mass is 10.2. The Bertz CT molecular complexity index is 906. The Kier molecular flexibility index (Phi) is 6.70. The van der Waals surface area contributed by atoms with Crippen molar-refractivity contribution in [2.75, 3.05) is 18.9 Å². The summed E-state index contributed by atoms with van der Waals surface area (Å²) < 4.78 is 31.2. The van der Waals surface area contributed by atoms with Gasteiger partial charge in [0.1, 0.15) is 13.2 Å². The van der Waals surface area contributed by atoms with Gasteiger partial charge in [-0.3, -0.25) is 9.59 Å². The molecule has 2 rings (SSSR count). The Morgan fingerprint density at radius 3 is 2.19 bits per heavy atom. The maximum absolute atomic E-state index is 12.5. The smallest absolute Gasteiger partial charge is 0.321 e. The first-order valence-electron chi connectivity index (χ1n) is 8.23. The number of likely N-dealkylation sites (N-methyl/N-ethyl adjacent to an activating group) is 1. The first kappa shape index (κ1) is 20.6. The standard InChI is InChI=1S/C19H22N2O5S/c1-14-4-6-16(7-5-14)13-26-19(23)12-21(3)27(24,25)18-10-8-17(9-11-18)20-15(2)22/h4-11H,12-13H2,1-3H3,(H,20,22). The fraction of sp³-hybridized carbons (Fsp3) is 0.263.